The second-order valence-electron chi connectivity index (χ2n) is 4.62. The molecule has 0 radical (unpaired) electrons. The molecule has 0 spiro atoms. The van der Waals surface area contributed by atoms with E-state index in [2.05, 4.69) is 37.9 Å². The van der Waals surface area contributed by atoms with E-state index >= 15 is 0 Å². The molecule has 0 saturated heterocycles. The fourth-order valence-electron chi connectivity index (χ4n) is 1.72. The van der Waals surface area contributed by atoms with Crippen LogP contribution < -0.4 is 0 Å². The molecule has 0 aliphatic rings. The van der Waals surface area contributed by atoms with Crippen molar-refractivity contribution in [1.29, 1.82) is 0 Å². The molecule has 0 aromatic carbocycles. The summed E-state index contributed by atoms with van der Waals surface area (Å²) in [6.07, 6.45) is 15.2. The van der Waals surface area contributed by atoms with Crippen molar-refractivity contribution < 1.29 is 0 Å². The summed E-state index contributed by atoms with van der Waals surface area (Å²) in [5, 5.41) is 0. The second-order valence-corrected chi connectivity index (χ2v) is 4.62. The molecule has 0 aliphatic carbocycles. The zero-order valence-electron chi connectivity index (χ0n) is 11.7. The summed E-state index contributed by atoms with van der Waals surface area (Å²) in [6, 6.07) is 0. The van der Waals surface area contributed by atoms with Crippen molar-refractivity contribution >= 4 is 0 Å². The molecule has 0 atom stereocenters. The minimum atomic E-state index is 1.24. The third kappa shape index (κ3) is 10.1. The summed E-state index contributed by atoms with van der Waals surface area (Å²) in [4.78, 5) is 2.50. The third-order valence-electron chi connectivity index (χ3n) is 2.89. The Morgan fingerprint density at radius 2 is 1.31 bits per heavy atom. The molecule has 1 nitrogen and oxygen atoms in total. The molecule has 0 rings (SSSR count). The molecule has 0 fully saturated rings. The molecule has 0 aliphatic heterocycles. The lowest BCUT2D eigenvalue weighted by atomic mass is 10.2. The van der Waals surface area contributed by atoms with E-state index in [9.17, 15) is 0 Å². The molecule has 0 aromatic heterocycles. The van der Waals surface area contributed by atoms with Crippen LogP contribution >= 0.6 is 0 Å². The summed E-state index contributed by atoms with van der Waals surface area (Å²) >= 11 is 0. The van der Waals surface area contributed by atoms with Gasteiger partial charge in [-0.25, -0.2) is 0 Å². The first-order chi connectivity index (χ1) is 7.85. The first-order valence-electron chi connectivity index (χ1n) is 7.25. The van der Waals surface area contributed by atoms with Gasteiger partial charge in [0, 0.05) is 13.1 Å². The van der Waals surface area contributed by atoms with Crippen molar-refractivity contribution in [3.05, 3.63) is 12.3 Å². The van der Waals surface area contributed by atoms with E-state index in [1.807, 2.05) is 0 Å². The first-order valence-corrected chi connectivity index (χ1v) is 7.25. The summed E-state index contributed by atoms with van der Waals surface area (Å²) in [7, 11) is 0. The zero-order chi connectivity index (χ0) is 12.1. The van der Waals surface area contributed by atoms with Crippen LogP contribution in [0.1, 0.15) is 72.1 Å². The Kier molecular flexibility index (Phi) is 12.2. The van der Waals surface area contributed by atoms with Gasteiger partial charge in [0.25, 0.3) is 0 Å². The lowest BCUT2D eigenvalue weighted by Crippen LogP contribution is -2.19. The molecule has 0 saturated carbocycles. The molecular formula is C15H31N. The summed E-state index contributed by atoms with van der Waals surface area (Å²) < 4.78 is 0. The smallest absolute Gasteiger partial charge is 0.0172 e. The van der Waals surface area contributed by atoms with Crippen LogP contribution in [-0.2, 0) is 0 Å². The van der Waals surface area contributed by atoms with E-state index in [1.54, 1.807) is 0 Å². The van der Waals surface area contributed by atoms with Crippen LogP contribution in [0.15, 0.2) is 12.3 Å². The number of unbranched alkanes of at least 4 members (excludes halogenated alkanes) is 5. The fourth-order valence-corrected chi connectivity index (χ4v) is 1.72. The van der Waals surface area contributed by atoms with Crippen LogP contribution in [0.3, 0.4) is 0 Å². The van der Waals surface area contributed by atoms with Crippen LogP contribution in [0.5, 0.6) is 0 Å². The number of hydrogen-bond donors (Lipinski definition) is 0. The Morgan fingerprint density at radius 1 is 0.750 bits per heavy atom. The maximum atomic E-state index is 2.50. The minimum Gasteiger partial charge on any atom is -0.378 e. The van der Waals surface area contributed by atoms with Crippen LogP contribution in [-0.4, -0.2) is 18.0 Å². The Hall–Kier alpha value is -0.460. The summed E-state index contributed by atoms with van der Waals surface area (Å²) in [5.74, 6) is 0. The van der Waals surface area contributed by atoms with Crippen molar-refractivity contribution in [3.63, 3.8) is 0 Å². The Morgan fingerprint density at radius 3 is 1.81 bits per heavy atom. The van der Waals surface area contributed by atoms with Gasteiger partial charge in [0.2, 0.25) is 0 Å². The Bertz CT molecular complexity index is 144. The van der Waals surface area contributed by atoms with Gasteiger partial charge >= 0.3 is 0 Å². The molecule has 0 aromatic rings. The average Bonchev–Trinajstić information content (AvgIpc) is 2.31. The predicted octanol–water partition coefficient (Wildman–Crippen LogP) is 4.98. The average molecular weight is 225 g/mol. The van der Waals surface area contributed by atoms with Gasteiger partial charge in [-0.15, -0.1) is 0 Å². The highest BCUT2D eigenvalue weighted by molar-refractivity contribution is 4.82. The van der Waals surface area contributed by atoms with Gasteiger partial charge in [-0.3, -0.25) is 0 Å². The number of allylic oxidation sites excluding steroid dienone is 1. The van der Waals surface area contributed by atoms with Crippen molar-refractivity contribution in [1.82, 2.24) is 4.90 Å². The first kappa shape index (κ1) is 15.5. The van der Waals surface area contributed by atoms with Gasteiger partial charge in [-0.1, -0.05) is 52.5 Å². The predicted molar refractivity (Wildman–Crippen MR) is 74.7 cm³/mol. The Balaban J connectivity index is 3.69. The maximum Gasteiger partial charge on any atom is 0.0172 e. The lowest BCUT2D eigenvalue weighted by molar-refractivity contribution is 0.359. The SMILES string of the molecule is CCCCC/C=C/N(CCCC)CCCC. The molecule has 16 heavy (non-hydrogen) atoms. The van der Waals surface area contributed by atoms with Gasteiger partial charge in [0.1, 0.15) is 0 Å². The van der Waals surface area contributed by atoms with Crippen molar-refractivity contribution in [2.45, 2.75) is 72.1 Å². The summed E-state index contributed by atoms with van der Waals surface area (Å²) in [5.41, 5.74) is 0. The highest BCUT2D eigenvalue weighted by atomic mass is 15.1. The van der Waals surface area contributed by atoms with E-state index in [1.165, 1.54) is 64.5 Å². The van der Waals surface area contributed by atoms with E-state index in [4.69, 9.17) is 0 Å². The molecule has 0 heterocycles. The van der Waals surface area contributed by atoms with E-state index in [0.717, 1.165) is 0 Å². The third-order valence-corrected chi connectivity index (χ3v) is 2.89. The van der Waals surface area contributed by atoms with E-state index in [-0.39, 0.29) is 0 Å². The van der Waals surface area contributed by atoms with Crippen LogP contribution in [0, 0.1) is 0 Å². The highest BCUT2D eigenvalue weighted by Gasteiger charge is 1.96. The van der Waals surface area contributed by atoms with Crippen molar-refractivity contribution in [2.24, 2.45) is 0 Å². The van der Waals surface area contributed by atoms with Crippen molar-refractivity contribution in [2.75, 3.05) is 13.1 Å². The summed E-state index contributed by atoms with van der Waals surface area (Å²) in [6.45, 7) is 9.27. The lowest BCUT2D eigenvalue weighted by Gasteiger charge is -2.19. The fraction of sp³-hybridized carbons (Fsp3) is 0.867. The zero-order valence-corrected chi connectivity index (χ0v) is 11.7. The van der Waals surface area contributed by atoms with Gasteiger partial charge in [-0.05, 0) is 31.9 Å². The number of nitrogens with zero attached hydrogens (tertiary/aromatic N) is 1. The normalized spacial score (nSPS) is 11.2. The molecule has 0 bridgehead atoms. The number of hydrogen-bond acceptors (Lipinski definition) is 1. The van der Waals surface area contributed by atoms with Crippen LogP contribution in [0.2, 0.25) is 0 Å². The molecule has 0 unspecified atom stereocenters. The molecule has 0 N–H and O–H groups in total. The monoisotopic (exact) mass is 225 g/mol. The topological polar surface area (TPSA) is 3.24 Å². The highest BCUT2D eigenvalue weighted by Crippen LogP contribution is 2.03. The Labute approximate surface area is 103 Å². The van der Waals surface area contributed by atoms with Crippen LogP contribution in [0.4, 0.5) is 0 Å². The molecular weight excluding hydrogens is 194 g/mol. The second kappa shape index (κ2) is 12.6. The molecule has 96 valence electrons. The van der Waals surface area contributed by atoms with Crippen LogP contribution in [0.25, 0.3) is 0 Å². The standard InChI is InChI=1S/C15H31N/c1-4-7-10-11-12-15-16(13-8-5-2)14-9-6-3/h12,15H,4-11,13-14H2,1-3H3/b15-12+. The number of rotatable bonds is 11. The minimum absolute atomic E-state index is 1.24. The molecule has 1 heteroatoms. The van der Waals surface area contributed by atoms with E-state index < -0.39 is 0 Å². The van der Waals surface area contributed by atoms with Gasteiger partial charge in [0.15, 0.2) is 0 Å². The van der Waals surface area contributed by atoms with Gasteiger partial charge in [-0.2, -0.15) is 0 Å². The van der Waals surface area contributed by atoms with Gasteiger partial charge in [0.05, 0.1) is 0 Å². The van der Waals surface area contributed by atoms with E-state index in [0.29, 0.717) is 0 Å². The van der Waals surface area contributed by atoms with Crippen molar-refractivity contribution in [3.8, 4) is 0 Å². The largest absolute Gasteiger partial charge is 0.378 e. The quantitative estimate of drug-likeness (QED) is 0.448. The maximum absolute atomic E-state index is 2.50. The van der Waals surface area contributed by atoms with Gasteiger partial charge < -0.3 is 4.90 Å². The molecule has 0 amide bonds.